The second-order valence-corrected chi connectivity index (χ2v) is 3.84. The Labute approximate surface area is 81.3 Å². The van der Waals surface area contributed by atoms with Crippen molar-refractivity contribution >= 4 is 5.97 Å². The summed E-state index contributed by atoms with van der Waals surface area (Å²) in [6.07, 6.45) is 6.97. The molecule has 0 aromatic carbocycles. The first-order valence-electron chi connectivity index (χ1n) is 5.36. The van der Waals surface area contributed by atoms with Crippen molar-refractivity contribution < 1.29 is 9.90 Å². The maximum Gasteiger partial charge on any atom is 0.0414 e. The molecule has 0 radical (unpaired) electrons. The van der Waals surface area contributed by atoms with Crippen LogP contribution in [0.2, 0.25) is 0 Å². The van der Waals surface area contributed by atoms with E-state index in [9.17, 15) is 9.90 Å². The zero-order valence-electron chi connectivity index (χ0n) is 8.84. The van der Waals surface area contributed by atoms with Gasteiger partial charge >= 0.3 is 0 Å². The van der Waals surface area contributed by atoms with E-state index in [2.05, 4.69) is 13.8 Å². The minimum Gasteiger partial charge on any atom is -0.550 e. The van der Waals surface area contributed by atoms with E-state index in [0.29, 0.717) is 0 Å². The van der Waals surface area contributed by atoms with Crippen molar-refractivity contribution in [3.8, 4) is 0 Å². The zero-order valence-corrected chi connectivity index (χ0v) is 8.84. The Bertz CT molecular complexity index is 132. The molecule has 2 heteroatoms. The van der Waals surface area contributed by atoms with Crippen LogP contribution >= 0.6 is 0 Å². The lowest BCUT2D eigenvalue weighted by Gasteiger charge is -2.07. The molecular weight excluding hydrogens is 164 g/mol. The van der Waals surface area contributed by atoms with Gasteiger partial charge in [0.1, 0.15) is 0 Å². The summed E-state index contributed by atoms with van der Waals surface area (Å²) in [5.74, 6) is -0.0944. The number of carbonyl (C=O) groups excluding carboxylic acids is 1. The molecule has 0 aliphatic rings. The Hall–Kier alpha value is -0.530. The average Bonchev–Trinajstić information content (AvgIpc) is 2.10. The van der Waals surface area contributed by atoms with E-state index in [1.807, 2.05) is 0 Å². The first-order valence-corrected chi connectivity index (χ1v) is 5.36. The van der Waals surface area contributed by atoms with Crippen LogP contribution in [0.5, 0.6) is 0 Å². The van der Waals surface area contributed by atoms with Crippen LogP contribution in [0, 0.1) is 5.92 Å². The second kappa shape index (κ2) is 8.09. The van der Waals surface area contributed by atoms with Gasteiger partial charge in [-0.15, -0.1) is 0 Å². The van der Waals surface area contributed by atoms with Gasteiger partial charge in [-0.3, -0.25) is 0 Å². The molecule has 0 aliphatic heterocycles. The number of hydrogen-bond acceptors (Lipinski definition) is 2. The van der Waals surface area contributed by atoms with Crippen molar-refractivity contribution in [1.82, 2.24) is 0 Å². The van der Waals surface area contributed by atoms with E-state index in [1.54, 1.807) is 0 Å². The highest BCUT2D eigenvalue weighted by Gasteiger charge is 1.97. The molecule has 0 aliphatic carbocycles. The highest BCUT2D eigenvalue weighted by atomic mass is 16.4. The average molecular weight is 185 g/mol. The third-order valence-electron chi connectivity index (χ3n) is 2.52. The number of carboxylic acids is 1. The fourth-order valence-corrected chi connectivity index (χ4v) is 1.32. The lowest BCUT2D eigenvalue weighted by atomic mass is 10.0. The smallest absolute Gasteiger partial charge is 0.0414 e. The highest BCUT2D eigenvalue weighted by Crippen LogP contribution is 2.13. The van der Waals surface area contributed by atoms with Crippen LogP contribution < -0.4 is 5.11 Å². The van der Waals surface area contributed by atoms with Gasteiger partial charge in [0.15, 0.2) is 0 Å². The van der Waals surface area contributed by atoms with E-state index in [1.165, 1.54) is 19.3 Å². The summed E-state index contributed by atoms with van der Waals surface area (Å²) in [5, 5.41) is 10.1. The van der Waals surface area contributed by atoms with Crippen molar-refractivity contribution in [2.24, 2.45) is 5.92 Å². The van der Waals surface area contributed by atoms with Gasteiger partial charge in [0.2, 0.25) is 0 Å². The molecule has 2 nitrogen and oxygen atoms in total. The zero-order chi connectivity index (χ0) is 10.1. The lowest BCUT2D eigenvalue weighted by molar-refractivity contribution is -0.305. The number of hydrogen-bond donors (Lipinski definition) is 0. The molecule has 1 atom stereocenters. The largest absolute Gasteiger partial charge is 0.550 e. The van der Waals surface area contributed by atoms with Crippen molar-refractivity contribution in [1.29, 1.82) is 0 Å². The van der Waals surface area contributed by atoms with E-state index < -0.39 is 5.97 Å². The Kier molecular flexibility index (Phi) is 7.76. The minimum atomic E-state index is -0.915. The van der Waals surface area contributed by atoms with Gasteiger partial charge in [0.05, 0.1) is 0 Å². The summed E-state index contributed by atoms with van der Waals surface area (Å²) in [7, 11) is 0. The highest BCUT2D eigenvalue weighted by molar-refractivity contribution is 5.63. The van der Waals surface area contributed by atoms with E-state index in [-0.39, 0.29) is 6.42 Å². The number of carboxylic acid groups (broad SMARTS) is 1. The van der Waals surface area contributed by atoms with Crippen LogP contribution in [-0.4, -0.2) is 5.97 Å². The lowest BCUT2D eigenvalue weighted by Crippen LogP contribution is -2.21. The molecule has 0 bridgehead atoms. The van der Waals surface area contributed by atoms with Crippen LogP contribution in [0.3, 0.4) is 0 Å². The van der Waals surface area contributed by atoms with Gasteiger partial charge in [0, 0.05) is 5.97 Å². The predicted molar refractivity (Wildman–Crippen MR) is 52.2 cm³/mol. The second-order valence-electron chi connectivity index (χ2n) is 3.84. The molecular formula is C11H21O2-. The number of carbonyl (C=O) groups is 1. The summed E-state index contributed by atoms with van der Waals surface area (Å²) in [5.41, 5.74) is 0. The molecule has 0 N–H and O–H groups in total. The molecule has 0 aromatic rings. The molecule has 0 amide bonds. The number of aliphatic carboxylic acids is 1. The molecule has 0 spiro atoms. The normalized spacial score (nSPS) is 12.8. The quantitative estimate of drug-likeness (QED) is 0.543. The fourth-order valence-electron chi connectivity index (χ4n) is 1.32. The first kappa shape index (κ1) is 12.5. The van der Waals surface area contributed by atoms with E-state index in [0.717, 1.165) is 25.2 Å². The Balaban J connectivity index is 3.04. The van der Waals surface area contributed by atoms with Gasteiger partial charge < -0.3 is 9.90 Å². The minimum absolute atomic E-state index is 0.226. The molecule has 78 valence electrons. The summed E-state index contributed by atoms with van der Waals surface area (Å²) < 4.78 is 0. The summed E-state index contributed by atoms with van der Waals surface area (Å²) >= 11 is 0. The van der Waals surface area contributed by atoms with Crippen LogP contribution in [-0.2, 0) is 4.79 Å². The van der Waals surface area contributed by atoms with E-state index in [4.69, 9.17) is 0 Å². The molecule has 0 rings (SSSR count). The first-order chi connectivity index (χ1) is 6.16. The standard InChI is InChI=1S/C11H22O2/c1-3-10(2)8-6-4-5-7-9-11(12)13/h10H,3-9H2,1-2H3,(H,12,13)/p-1. The summed E-state index contributed by atoms with van der Waals surface area (Å²) in [4.78, 5) is 10.1. The predicted octanol–water partition coefficient (Wildman–Crippen LogP) is 2.12. The van der Waals surface area contributed by atoms with Crippen molar-refractivity contribution in [2.75, 3.05) is 0 Å². The summed E-state index contributed by atoms with van der Waals surface area (Å²) in [6, 6.07) is 0. The maximum atomic E-state index is 10.1. The monoisotopic (exact) mass is 185 g/mol. The Morgan fingerprint density at radius 2 is 1.85 bits per heavy atom. The van der Waals surface area contributed by atoms with Crippen molar-refractivity contribution in [3.05, 3.63) is 0 Å². The van der Waals surface area contributed by atoms with Crippen molar-refractivity contribution in [3.63, 3.8) is 0 Å². The van der Waals surface area contributed by atoms with Gasteiger partial charge in [0.25, 0.3) is 0 Å². The molecule has 0 fully saturated rings. The van der Waals surface area contributed by atoms with E-state index >= 15 is 0 Å². The Morgan fingerprint density at radius 1 is 1.23 bits per heavy atom. The van der Waals surface area contributed by atoms with Gasteiger partial charge in [-0.25, -0.2) is 0 Å². The summed E-state index contributed by atoms with van der Waals surface area (Å²) in [6.45, 7) is 4.47. The number of unbranched alkanes of at least 4 members (excludes halogenated alkanes) is 3. The van der Waals surface area contributed by atoms with Gasteiger partial charge in [-0.2, -0.15) is 0 Å². The van der Waals surface area contributed by atoms with Crippen LogP contribution in [0.15, 0.2) is 0 Å². The molecule has 0 saturated carbocycles. The molecule has 0 aromatic heterocycles. The fraction of sp³-hybridized carbons (Fsp3) is 0.909. The van der Waals surface area contributed by atoms with Crippen LogP contribution in [0.25, 0.3) is 0 Å². The number of rotatable bonds is 8. The Morgan fingerprint density at radius 3 is 2.38 bits per heavy atom. The van der Waals surface area contributed by atoms with Crippen LogP contribution in [0.4, 0.5) is 0 Å². The third-order valence-corrected chi connectivity index (χ3v) is 2.52. The van der Waals surface area contributed by atoms with Gasteiger partial charge in [-0.05, 0) is 18.8 Å². The molecule has 0 heterocycles. The molecule has 0 saturated heterocycles. The SMILES string of the molecule is CCC(C)CCCCCCC(=O)[O-]. The molecule has 1 unspecified atom stereocenters. The van der Waals surface area contributed by atoms with Crippen LogP contribution in [0.1, 0.15) is 58.8 Å². The van der Waals surface area contributed by atoms with Gasteiger partial charge in [-0.1, -0.05) is 46.0 Å². The topological polar surface area (TPSA) is 40.1 Å². The maximum absolute atomic E-state index is 10.1. The molecule has 13 heavy (non-hydrogen) atoms. The van der Waals surface area contributed by atoms with Crippen molar-refractivity contribution in [2.45, 2.75) is 58.8 Å². The third kappa shape index (κ3) is 9.38.